The number of halogens is 1. The van der Waals surface area contributed by atoms with E-state index in [1.165, 1.54) is 50.6 Å². The third-order valence-corrected chi connectivity index (χ3v) is 9.31. The van der Waals surface area contributed by atoms with Crippen LogP contribution in [0.3, 0.4) is 0 Å². The van der Waals surface area contributed by atoms with Crippen molar-refractivity contribution >= 4 is 23.3 Å². The zero-order chi connectivity index (χ0) is 32.4. The molecule has 0 amide bonds. The average molecular weight is 654 g/mol. The Bertz CT molecular complexity index is 1600. The Balaban J connectivity index is 1.07. The largest absolute Gasteiger partial charge is 0.494 e. The molecule has 2 saturated heterocycles. The Labute approximate surface area is 283 Å². The van der Waals surface area contributed by atoms with Gasteiger partial charge in [-0.1, -0.05) is 48.4 Å². The molecule has 0 N–H and O–H groups in total. The van der Waals surface area contributed by atoms with Gasteiger partial charge in [-0.05, 0) is 110 Å². The van der Waals surface area contributed by atoms with Crippen LogP contribution in [0, 0.1) is 0 Å². The molecule has 2 heterocycles. The quantitative estimate of drug-likeness (QED) is 0.113. The molecular weight excluding hydrogens is 610 g/mol. The molecule has 47 heavy (non-hydrogen) atoms. The molecule has 2 fully saturated rings. The second-order valence-electron chi connectivity index (χ2n) is 12.3. The first-order valence-corrected chi connectivity index (χ1v) is 17.1. The highest BCUT2D eigenvalue weighted by molar-refractivity contribution is 6.30. The molecule has 4 aromatic carbocycles. The molecule has 0 saturated carbocycles. The maximum absolute atomic E-state index is 12.1. The molecular formula is C39H44ClN3O4. The number of carbonyl (C=O) groups excluding carboxylic acids is 1. The van der Waals surface area contributed by atoms with Gasteiger partial charge in [0.2, 0.25) is 0 Å². The van der Waals surface area contributed by atoms with Gasteiger partial charge in [0, 0.05) is 50.0 Å². The molecule has 0 aliphatic carbocycles. The summed E-state index contributed by atoms with van der Waals surface area (Å²) < 4.78 is 17.2. The van der Waals surface area contributed by atoms with Crippen LogP contribution in [0.4, 0.5) is 5.69 Å². The lowest BCUT2D eigenvalue weighted by Gasteiger charge is -2.36. The number of para-hydroxylation sites is 1. The van der Waals surface area contributed by atoms with Gasteiger partial charge in [0.15, 0.2) is 0 Å². The van der Waals surface area contributed by atoms with Crippen LogP contribution >= 0.6 is 11.6 Å². The van der Waals surface area contributed by atoms with Crippen molar-refractivity contribution in [2.24, 2.45) is 0 Å². The van der Waals surface area contributed by atoms with Crippen LogP contribution in [-0.2, 0) is 11.3 Å². The topological polar surface area (TPSA) is 54.5 Å². The van der Waals surface area contributed by atoms with Gasteiger partial charge >= 0.3 is 5.97 Å². The SMILES string of the molecule is COC(=O)c1ccccc1Oc1ccc(N2CCN(Cc3cc(OCCCN4CCCCC4)ccc3-c3ccc(Cl)cc3)CC2)cc1. The number of carbonyl (C=O) groups is 1. The monoisotopic (exact) mass is 653 g/mol. The van der Waals surface area contributed by atoms with Crippen LogP contribution in [0.2, 0.25) is 5.02 Å². The van der Waals surface area contributed by atoms with Gasteiger partial charge in [-0.3, -0.25) is 4.90 Å². The first-order valence-electron chi connectivity index (χ1n) is 16.7. The van der Waals surface area contributed by atoms with E-state index in [-0.39, 0.29) is 0 Å². The summed E-state index contributed by atoms with van der Waals surface area (Å²) in [7, 11) is 1.37. The number of likely N-dealkylation sites (tertiary alicyclic amines) is 1. The van der Waals surface area contributed by atoms with Crippen LogP contribution in [-0.4, -0.2) is 75.3 Å². The highest BCUT2D eigenvalue weighted by Crippen LogP contribution is 2.31. The summed E-state index contributed by atoms with van der Waals surface area (Å²) in [6, 6.07) is 29.8. The molecule has 2 aliphatic heterocycles. The van der Waals surface area contributed by atoms with Gasteiger partial charge in [-0.25, -0.2) is 4.79 Å². The summed E-state index contributed by atoms with van der Waals surface area (Å²) >= 11 is 6.22. The van der Waals surface area contributed by atoms with Gasteiger partial charge in [0.05, 0.1) is 13.7 Å². The van der Waals surface area contributed by atoms with Crippen molar-refractivity contribution < 1.29 is 19.0 Å². The van der Waals surface area contributed by atoms with Crippen molar-refractivity contribution in [2.75, 3.05) is 64.4 Å². The number of esters is 1. The number of rotatable bonds is 12. The summed E-state index contributed by atoms with van der Waals surface area (Å²) in [6.45, 7) is 8.89. The van der Waals surface area contributed by atoms with E-state index in [0.29, 0.717) is 17.1 Å². The van der Waals surface area contributed by atoms with E-state index in [1.54, 1.807) is 18.2 Å². The number of nitrogens with zero attached hydrogens (tertiary/aromatic N) is 3. The summed E-state index contributed by atoms with van der Waals surface area (Å²) in [5.41, 5.74) is 5.20. The Morgan fingerprint density at radius 2 is 1.49 bits per heavy atom. The minimum Gasteiger partial charge on any atom is -0.494 e. The maximum atomic E-state index is 12.1. The van der Waals surface area contributed by atoms with Crippen molar-refractivity contribution in [3.63, 3.8) is 0 Å². The number of piperazine rings is 1. The minimum atomic E-state index is -0.419. The number of ether oxygens (including phenoxy) is 3. The van der Waals surface area contributed by atoms with Gasteiger partial charge in [-0.15, -0.1) is 0 Å². The van der Waals surface area contributed by atoms with Crippen molar-refractivity contribution in [3.8, 4) is 28.4 Å². The zero-order valence-corrected chi connectivity index (χ0v) is 28.0. The fraction of sp³-hybridized carbons (Fsp3) is 0.359. The van der Waals surface area contributed by atoms with E-state index in [2.05, 4.69) is 57.2 Å². The Kier molecular flexibility index (Phi) is 11.3. The Morgan fingerprint density at radius 3 is 2.23 bits per heavy atom. The third-order valence-electron chi connectivity index (χ3n) is 9.06. The zero-order valence-electron chi connectivity index (χ0n) is 27.2. The predicted octanol–water partition coefficient (Wildman–Crippen LogP) is 8.16. The second kappa shape index (κ2) is 16.2. The van der Waals surface area contributed by atoms with Crippen LogP contribution in [0.25, 0.3) is 11.1 Å². The normalized spacial score (nSPS) is 15.7. The van der Waals surface area contributed by atoms with E-state index in [9.17, 15) is 4.79 Å². The number of hydrogen-bond donors (Lipinski definition) is 0. The summed E-state index contributed by atoms with van der Waals surface area (Å²) in [4.78, 5) is 19.6. The van der Waals surface area contributed by atoms with Crippen molar-refractivity contribution in [1.29, 1.82) is 0 Å². The maximum Gasteiger partial charge on any atom is 0.341 e. The Morgan fingerprint density at radius 1 is 0.766 bits per heavy atom. The summed E-state index contributed by atoms with van der Waals surface area (Å²) in [5, 5.41) is 0.741. The fourth-order valence-electron chi connectivity index (χ4n) is 6.45. The molecule has 0 bridgehead atoms. The number of anilines is 1. The molecule has 2 aliphatic rings. The lowest BCUT2D eigenvalue weighted by atomic mass is 9.98. The van der Waals surface area contributed by atoms with Gasteiger partial charge in [0.25, 0.3) is 0 Å². The lowest BCUT2D eigenvalue weighted by Crippen LogP contribution is -2.46. The minimum absolute atomic E-state index is 0.402. The van der Waals surface area contributed by atoms with E-state index in [0.717, 1.165) is 74.3 Å². The lowest BCUT2D eigenvalue weighted by molar-refractivity contribution is 0.0598. The van der Waals surface area contributed by atoms with Crippen LogP contribution in [0.5, 0.6) is 17.2 Å². The summed E-state index contributed by atoms with van der Waals surface area (Å²) in [5.74, 6) is 1.67. The van der Waals surface area contributed by atoms with E-state index < -0.39 is 5.97 Å². The van der Waals surface area contributed by atoms with E-state index in [1.807, 2.05) is 30.3 Å². The highest BCUT2D eigenvalue weighted by atomic mass is 35.5. The summed E-state index contributed by atoms with van der Waals surface area (Å²) in [6.07, 6.45) is 5.05. The Hall–Kier alpha value is -4.04. The van der Waals surface area contributed by atoms with Crippen molar-refractivity contribution in [3.05, 3.63) is 107 Å². The van der Waals surface area contributed by atoms with Crippen molar-refractivity contribution in [2.45, 2.75) is 32.2 Å². The van der Waals surface area contributed by atoms with Gasteiger partial charge in [-0.2, -0.15) is 0 Å². The van der Waals surface area contributed by atoms with E-state index in [4.69, 9.17) is 25.8 Å². The highest BCUT2D eigenvalue weighted by Gasteiger charge is 2.20. The second-order valence-corrected chi connectivity index (χ2v) is 12.7. The van der Waals surface area contributed by atoms with E-state index >= 15 is 0 Å². The fourth-order valence-corrected chi connectivity index (χ4v) is 6.58. The molecule has 6 rings (SSSR count). The smallest absolute Gasteiger partial charge is 0.341 e. The molecule has 0 aromatic heterocycles. The predicted molar refractivity (Wildman–Crippen MR) is 189 cm³/mol. The van der Waals surface area contributed by atoms with Crippen LogP contribution in [0.1, 0.15) is 41.6 Å². The molecule has 0 unspecified atom stereocenters. The molecule has 4 aromatic rings. The standard InChI is InChI=1S/C39H44ClN3O4/c1-45-39(44)37-8-3-4-9-38(37)47-34-16-14-33(15-17-34)43-25-23-42(24-26-43)29-31-28-35(46-27-7-22-41-20-5-2-6-21-41)18-19-36(31)30-10-12-32(40)13-11-30/h3-4,8-19,28H,2,5-7,20-27,29H2,1H3. The molecule has 0 spiro atoms. The molecule has 0 radical (unpaired) electrons. The van der Waals surface area contributed by atoms with Crippen molar-refractivity contribution in [1.82, 2.24) is 9.80 Å². The molecule has 7 nitrogen and oxygen atoms in total. The number of hydrogen-bond acceptors (Lipinski definition) is 7. The first kappa shape index (κ1) is 32.9. The van der Waals surface area contributed by atoms with Crippen LogP contribution in [0.15, 0.2) is 91.0 Å². The van der Waals surface area contributed by atoms with Gasteiger partial charge < -0.3 is 24.0 Å². The molecule has 8 heteroatoms. The first-order chi connectivity index (χ1) is 23.1. The number of benzene rings is 4. The number of methoxy groups -OCH3 is 1. The van der Waals surface area contributed by atoms with Gasteiger partial charge in [0.1, 0.15) is 22.8 Å². The molecule has 246 valence electrons. The molecule has 0 atom stereocenters. The average Bonchev–Trinajstić information content (AvgIpc) is 3.12. The van der Waals surface area contributed by atoms with Crippen LogP contribution < -0.4 is 14.4 Å². The number of piperidine rings is 1. The third kappa shape index (κ3) is 8.86.